The molecule has 1 N–H and O–H groups in total. The maximum atomic E-state index is 4.51. The molecule has 2 aromatic rings. The summed E-state index contributed by atoms with van der Waals surface area (Å²) in [5, 5.41) is 4.44. The number of aryl methyl sites for hydroxylation is 2. The fourth-order valence-corrected chi connectivity index (χ4v) is 2.55. The minimum atomic E-state index is 0.564. The number of benzene rings is 1. The number of hydrogen-bond acceptors (Lipinski definition) is 4. The van der Waals surface area contributed by atoms with E-state index in [1.807, 2.05) is 19.9 Å². The van der Waals surface area contributed by atoms with Gasteiger partial charge in [-0.3, -0.25) is 0 Å². The molecule has 0 saturated heterocycles. The van der Waals surface area contributed by atoms with E-state index in [1.54, 1.807) is 0 Å². The van der Waals surface area contributed by atoms with Gasteiger partial charge in [-0.25, -0.2) is 15.4 Å². The Bertz CT molecular complexity index is 689. The second-order valence-corrected chi connectivity index (χ2v) is 6.31. The highest BCUT2D eigenvalue weighted by Crippen LogP contribution is 2.19. The van der Waals surface area contributed by atoms with Crippen molar-refractivity contribution in [1.82, 2.24) is 9.97 Å². The molecule has 0 amide bonds. The summed E-state index contributed by atoms with van der Waals surface area (Å²) in [5.41, 5.74) is 8.41. The van der Waals surface area contributed by atoms with Gasteiger partial charge >= 0.3 is 0 Å². The van der Waals surface area contributed by atoms with Gasteiger partial charge in [0.15, 0.2) is 0 Å². The van der Waals surface area contributed by atoms with E-state index in [9.17, 15) is 0 Å². The molecular weight excluding hydrogens is 296 g/mol. The van der Waals surface area contributed by atoms with E-state index >= 15 is 0 Å². The van der Waals surface area contributed by atoms with E-state index in [1.165, 1.54) is 5.56 Å². The molecule has 0 aliphatic rings. The lowest BCUT2D eigenvalue weighted by atomic mass is 9.97. The van der Waals surface area contributed by atoms with Gasteiger partial charge in [-0.15, -0.1) is 0 Å². The minimum absolute atomic E-state index is 0.564. The van der Waals surface area contributed by atoms with Gasteiger partial charge in [-0.1, -0.05) is 51.5 Å². The molecule has 1 aromatic carbocycles. The lowest BCUT2D eigenvalue weighted by molar-refractivity contribution is 0.733. The molecule has 0 saturated carbocycles. The summed E-state index contributed by atoms with van der Waals surface area (Å²) >= 11 is 0. The standard InChI is InChI=1S/C20H28N4/c1-6-8-19-13-15(4)21-20(22-19)24-23-16(5)18-11-9-17(10-12-18)14(3)7-2/h9-14H,6-8H2,1-5H3,(H,21,22,24). The zero-order valence-corrected chi connectivity index (χ0v) is 15.4. The zero-order chi connectivity index (χ0) is 17.5. The number of hydrogen-bond donors (Lipinski definition) is 1. The van der Waals surface area contributed by atoms with Crippen LogP contribution in [0.4, 0.5) is 5.95 Å². The predicted molar refractivity (Wildman–Crippen MR) is 102 cm³/mol. The summed E-state index contributed by atoms with van der Waals surface area (Å²) in [6.07, 6.45) is 3.18. The van der Waals surface area contributed by atoms with Crippen molar-refractivity contribution in [1.29, 1.82) is 0 Å². The molecule has 0 radical (unpaired) electrons. The first-order valence-electron chi connectivity index (χ1n) is 8.78. The number of anilines is 1. The Morgan fingerprint density at radius 1 is 1.17 bits per heavy atom. The third kappa shape index (κ3) is 4.88. The van der Waals surface area contributed by atoms with Crippen LogP contribution in [0, 0.1) is 6.92 Å². The van der Waals surface area contributed by atoms with Crippen LogP contribution < -0.4 is 5.43 Å². The molecule has 1 aromatic heterocycles. The Balaban J connectivity index is 2.11. The van der Waals surface area contributed by atoms with Crippen molar-refractivity contribution in [2.75, 3.05) is 5.43 Å². The molecular formula is C20H28N4. The monoisotopic (exact) mass is 324 g/mol. The largest absolute Gasteiger partial charge is 0.245 e. The molecule has 1 unspecified atom stereocenters. The summed E-state index contributed by atoms with van der Waals surface area (Å²) in [7, 11) is 0. The second-order valence-electron chi connectivity index (χ2n) is 6.31. The molecule has 0 fully saturated rings. The summed E-state index contributed by atoms with van der Waals surface area (Å²) in [4.78, 5) is 8.91. The van der Waals surface area contributed by atoms with E-state index in [4.69, 9.17) is 0 Å². The van der Waals surface area contributed by atoms with Gasteiger partial charge in [0.2, 0.25) is 5.95 Å². The average molecular weight is 324 g/mol. The smallest absolute Gasteiger partial charge is 0.243 e. The number of hydrazone groups is 1. The second kappa shape index (κ2) is 8.57. The van der Waals surface area contributed by atoms with E-state index in [0.717, 1.165) is 41.9 Å². The molecule has 0 aliphatic heterocycles. The van der Waals surface area contributed by atoms with Crippen LogP contribution in [0.1, 0.15) is 69.0 Å². The number of nitrogens with zero attached hydrogens (tertiary/aromatic N) is 3. The lowest BCUT2D eigenvalue weighted by Crippen LogP contribution is -2.05. The SMILES string of the molecule is CCCc1cc(C)nc(NN=C(C)c2ccc(C(C)CC)cc2)n1. The van der Waals surface area contributed by atoms with Crippen LogP contribution >= 0.6 is 0 Å². The highest BCUT2D eigenvalue weighted by molar-refractivity contribution is 5.99. The molecule has 0 spiro atoms. The molecule has 24 heavy (non-hydrogen) atoms. The fourth-order valence-electron chi connectivity index (χ4n) is 2.55. The van der Waals surface area contributed by atoms with Crippen LogP contribution in [-0.4, -0.2) is 15.7 Å². The molecule has 1 atom stereocenters. The quantitative estimate of drug-likeness (QED) is 0.570. The van der Waals surface area contributed by atoms with Crippen LogP contribution in [0.5, 0.6) is 0 Å². The van der Waals surface area contributed by atoms with Gasteiger partial charge < -0.3 is 0 Å². The van der Waals surface area contributed by atoms with Crippen molar-refractivity contribution < 1.29 is 0 Å². The predicted octanol–water partition coefficient (Wildman–Crippen LogP) is 5.09. The molecule has 4 heteroatoms. The summed E-state index contributed by atoms with van der Waals surface area (Å²) < 4.78 is 0. The van der Waals surface area contributed by atoms with Gasteiger partial charge in [0.25, 0.3) is 0 Å². The Hall–Kier alpha value is -2.23. The van der Waals surface area contributed by atoms with Gasteiger partial charge in [0, 0.05) is 11.4 Å². The molecule has 0 bridgehead atoms. The van der Waals surface area contributed by atoms with Crippen molar-refractivity contribution in [3.63, 3.8) is 0 Å². The fraction of sp³-hybridized carbons (Fsp3) is 0.450. The first-order valence-corrected chi connectivity index (χ1v) is 8.78. The van der Waals surface area contributed by atoms with Gasteiger partial charge in [-0.2, -0.15) is 5.10 Å². The van der Waals surface area contributed by atoms with Crippen LogP contribution in [-0.2, 0) is 6.42 Å². The number of rotatable bonds is 7. The number of nitrogens with one attached hydrogen (secondary N) is 1. The summed E-state index contributed by atoms with van der Waals surface area (Å²) in [6, 6.07) is 10.7. The minimum Gasteiger partial charge on any atom is -0.245 e. The molecule has 1 heterocycles. The van der Waals surface area contributed by atoms with Gasteiger partial charge in [0.1, 0.15) is 0 Å². The van der Waals surface area contributed by atoms with Crippen molar-refractivity contribution in [3.05, 3.63) is 52.8 Å². The molecule has 4 nitrogen and oxygen atoms in total. The Kier molecular flexibility index (Phi) is 6.47. The first kappa shape index (κ1) is 18.1. The Morgan fingerprint density at radius 2 is 1.88 bits per heavy atom. The average Bonchev–Trinajstić information content (AvgIpc) is 2.59. The van der Waals surface area contributed by atoms with E-state index in [2.05, 4.69) is 65.5 Å². The van der Waals surface area contributed by atoms with Crippen molar-refractivity contribution in [3.8, 4) is 0 Å². The third-order valence-electron chi connectivity index (χ3n) is 4.25. The van der Waals surface area contributed by atoms with Crippen LogP contribution in [0.3, 0.4) is 0 Å². The number of aromatic nitrogens is 2. The third-order valence-corrected chi connectivity index (χ3v) is 4.25. The van der Waals surface area contributed by atoms with Crippen LogP contribution in [0.2, 0.25) is 0 Å². The van der Waals surface area contributed by atoms with E-state index in [0.29, 0.717) is 11.9 Å². The van der Waals surface area contributed by atoms with E-state index < -0.39 is 0 Å². The van der Waals surface area contributed by atoms with Gasteiger partial charge in [-0.05, 0) is 49.8 Å². The maximum absolute atomic E-state index is 4.51. The summed E-state index contributed by atoms with van der Waals surface area (Å²) in [5.74, 6) is 1.15. The van der Waals surface area contributed by atoms with Crippen LogP contribution in [0.25, 0.3) is 0 Å². The van der Waals surface area contributed by atoms with Crippen molar-refractivity contribution >= 4 is 11.7 Å². The molecule has 128 valence electrons. The highest BCUT2D eigenvalue weighted by atomic mass is 15.4. The van der Waals surface area contributed by atoms with Crippen LogP contribution in [0.15, 0.2) is 35.4 Å². The maximum Gasteiger partial charge on any atom is 0.243 e. The normalized spacial score (nSPS) is 13.0. The highest BCUT2D eigenvalue weighted by Gasteiger charge is 2.05. The van der Waals surface area contributed by atoms with Crippen molar-refractivity contribution in [2.45, 2.75) is 59.8 Å². The topological polar surface area (TPSA) is 50.2 Å². The lowest BCUT2D eigenvalue weighted by Gasteiger charge is -2.10. The summed E-state index contributed by atoms with van der Waals surface area (Å²) in [6.45, 7) is 10.6. The van der Waals surface area contributed by atoms with Crippen molar-refractivity contribution in [2.24, 2.45) is 5.10 Å². The Morgan fingerprint density at radius 3 is 2.50 bits per heavy atom. The molecule has 0 aliphatic carbocycles. The first-order chi connectivity index (χ1) is 11.5. The van der Waals surface area contributed by atoms with E-state index in [-0.39, 0.29) is 0 Å². The Labute approximate surface area is 145 Å². The zero-order valence-electron chi connectivity index (χ0n) is 15.4. The van der Waals surface area contributed by atoms with Gasteiger partial charge in [0.05, 0.1) is 5.71 Å². The molecule has 2 rings (SSSR count).